The zero-order chi connectivity index (χ0) is 20.1. The zero-order valence-electron chi connectivity index (χ0n) is 14.5. The van der Waals surface area contributed by atoms with Crippen molar-refractivity contribution in [1.29, 1.82) is 0 Å². The number of halogens is 1. The molecule has 1 heterocycles. The van der Waals surface area contributed by atoms with Gasteiger partial charge in [0.1, 0.15) is 12.1 Å². The van der Waals surface area contributed by atoms with Gasteiger partial charge in [0.15, 0.2) is 0 Å². The van der Waals surface area contributed by atoms with Crippen molar-refractivity contribution >= 4 is 34.7 Å². The summed E-state index contributed by atoms with van der Waals surface area (Å²) in [5, 5.41) is 17.0. The van der Waals surface area contributed by atoms with Crippen molar-refractivity contribution in [2.24, 2.45) is 0 Å². The van der Waals surface area contributed by atoms with Crippen molar-refractivity contribution in [3.8, 4) is 0 Å². The summed E-state index contributed by atoms with van der Waals surface area (Å²) in [6.45, 7) is 0. The first kappa shape index (κ1) is 18.7. The molecule has 28 heavy (non-hydrogen) atoms. The number of carbonyl (C=O) groups is 1. The number of anilines is 4. The minimum atomic E-state index is -0.672. The highest BCUT2D eigenvalue weighted by atomic mass is 19.1. The highest BCUT2D eigenvalue weighted by Gasteiger charge is 2.24. The van der Waals surface area contributed by atoms with Crippen molar-refractivity contribution in [2.75, 3.05) is 17.7 Å². The summed E-state index contributed by atoms with van der Waals surface area (Å²) < 4.78 is 18.5. The van der Waals surface area contributed by atoms with Crippen LogP contribution in [0.4, 0.5) is 33.1 Å². The molecule has 9 nitrogen and oxygen atoms in total. The molecule has 0 saturated heterocycles. The van der Waals surface area contributed by atoms with Gasteiger partial charge in [0.25, 0.3) is 0 Å². The van der Waals surface area contributed by atoms with Crippen LogP contribution in [0.15, 0.2) is 54.9 Å². The number of benzene rings is 2. The second-order valence-corrected chi connectivity index (χ2v) is 5.48. The second-order valence-electron chi connectivity index (χ2n) is 5.48. The molecule has 0 spiro atoms. The Balaban J connectivity index is 1.92. The van der Waals surface area contributed by atoms with Gasteiger partial charge in [-0.05, 0) is 36.4 Å². The smallest absolute Gasteiger partial charge is 0.353 e. The van der Waals surface area contributed by atoms with E-state index in [9.17, 15) is 19.3 Å². The van der Waals surface area contributed by atoms with E-state index in [-0.39, 0.29) is 17.3 Å². The fraction of sp³-hybridized carbons (Fsp3) is 0.0556. The van der Waals surface area contributed by atoms with Crippen LogP contribution in [0.2, 0.25) is 0 Å². The lowest BCUT2D eigenvalue weighted by Crippen LogP contribution is -2.06. The molecule has 2 aromatic carbocycles. The topological polar surface area (TPSA) is 119 Å². The van der Waals surface area contributed by atoms with Crippen LogP contribution in [0.3, 0.4) is 0 Å². The maximum absolute atomic E-state index is 13.9. The van der Waals surface area contributed by atoms with Crippen molar-refractivity contribution < 1.29 is 18.8 Å². The summed E-state index contributed by atoms with van der Waals surface area (Å²) >= 11 is 0. The summed E-state index contributed by atoms with van der Waals surface area (Å²) in [5.74, 6) is -1.34. The molecule has 0 aliphatic carbocycles. The van der Waals surface area contributed by atoms with Gasteiger partial charge in [0.05, 0.1) is 23.3 Å². The Morgan fingerprint density at radius 2 is 1.71 bits per heavy atom. The predicted molar refractivity (Wildman–Crippen MR) is 99.4 cm³/mol. The molecule has 1 aromatic heterocycles. The number of aromatic nitrogens is 2. The molecule has 3 rings (SSSR count). The van der Waals surface area contributed by atoms with E-state index in [1.165, 1.54) is 37.4 Å². The Morgan fingerprint density at radius 1 is 1.07 bits per heavy atom. The van der Waals surface area contributed by atoms with Gasteiger partial charge in [0.2, 0.25) is 11.6 Å². The number of carbonyl (C=O) groups excluding carboxylic acids is 1. The normalized spacial score (nSPS) is 10.2. The number of rotatable bonds is 6. The molecule has 0 saturated carbocycles. The van der Waals surface area contributed by atoms with Crippen LogP contribution in [0.25, 0.3) is 0 Å². The molecule has 142 valence electrons. The quantitative estimate of drug-likeness (QED) is 0.375. The summed E-state index contributed by atoms with van der Waals surface area (Å²) in [6, 6.07) is 11.8. The monoisotopic (exact) mass is 383 g/mol. The zero-order valence-corrected chi connectivity index (χ0v) is 14.5. The maximum atomic E-state index is 13.9. The molecular weight excluding hydrogens is 369 g/mol. The molecule has 0 amide bonds. The fourth-order valence-electron chi connectivity index (χ4n) is 2.37. The van der Waals surface area contributed by atoms with E-state index >= 15 is 0 Å². The predicted octanol–water partition coefficient (Wildman–Crippen LogP) is 3.80. The van der Waals surface area contributed by atoms with Crippen LogP contribution >= 0.6 is 0 Å². The van der Waals surface area contributed by atoms with Crippen LogP contribution in [-0.4, -0.2) is 28.0 Å². The first-order chi connectivity index (χ1) is 13.5. The van der Waals surface area contributed by atoms with E-state index in [1.54, 1.807) is 18.2 Å². The number of esters is 1. The van der Waals surface area contributed by atoms with Crippen molar-refractivity contribution in [2.45, 2.75) is 0 Å². The third kappa shape index (κ3) is 4.01. The number of ether oxygens (including phenoxy) is 1. The average Bonchev–Trinajstić information content (AvgIpc) is 2.69. The number of nitrogens with one attached hydrogen (secondary N) is 2. The number of nitrogens with zero attached hydrogens (tertiary/aromatic N) is 3. The number of nitro groups is 1. The highest BCUT2D eigenvalue weighted by Crippen LogP contribution is 2.33. The molecule has 0 atom stereocenters. The lowest BCUT2D eigenvalue weighted by atomic mass is 10.2. The lowest BCUT2D eigenvalue weighted by molar-refractivity contribution is -0.383. The molecule has 10 heteroatoms. The number of methoxy groups -OCH3 is 1. The Bertz CT molecular complexity index is 1030. The molecule has 3 aromatic rings. The Morgan fingerprint density at radius 3 is 2.32 bits per heavy atom. The van der Waals surface area contributed by atoms with Gasteiger partial charge in [-0.15, -0.1) is 0 Å². The summed E-state index contributed by atoms with van der Waals surface area (Å²) in [5.41, 5.74) is 0.360. The van der Waals surface area contributed by atoms with E-state index in [1.807, 2.05) is 0 Å². The van der Waals surface area contributed by atoms with Crippen LogP contribution in [0.1, 0.15) is 10.4 Å². The SMILES string of the molecule is COC(=O)c1ccc(Nc2ncnc(Nc3ccccc3F)c2[N+](=O)[O-])cc1. The van der Waals surface area contributed by atoms with Crippen LogP contribution in [0.5, 0.6) is 0 Å². The van der Waals surface area contributed by atoms with Crippen molar-refractivity contribution in [3.63, 3.8) is 0 Å². The van der Waals surface area contributed by atoms with E-state index in [4.69, 9.17) is 0 Å². The van der Waals surface area contributed by atoms with E-state index in [2.05, 4.69) is 25.3 Å². The standard InChI is InChI=1S/C18H14FN5O4/c1-28-18(25)11-6-8-12(9-7-11)22-16-15(24(26)27)17(21-10-20-16)23-14-5-3-2-4-13(14)19/h2-10H,1H3,(H2,20,21,22,23). The maximum Gasteiger partial charge on any atom is 0.353 e. The third-order valence-electron chi connectivity index (χ3n) is 3.70. The molecule has 0 aliphatic heterocycles. The van der Waals surface area contributed by atoms with Crippen molar-refractivity contribution in [3.05, 3.63) is 76.4 Å². The number of hydrogen-bond acceptors (Lipinski definition) is 8. The van der Waals surface area contributed by atoms with Gasteiger partial charge in [-0.25, -0.2) is 19.2 Å². The average molecular weight is 383 g/mol. The summed E-state index contributed by atoms with van der Waals surface area (Å²) in [4.78, 5) is 30.1. The third-order valence-corrected chi connectivity index (χ3v) is 3.70. The summed E-state index contributed by atoms with van der Waals surface area (Å²) in [6.07, 6.45) is 1.11. The Labute approximate surface area is 158 Å². The van der Waals surface area contributed by atoms with Gasteiger partial charge in [0, 0.05) is 5.69 Å². The minimum absolute atomic E-state index is 0.0395. The Kier molecular flexibility index (Phi) is 5.40. The summed E-state index contributed by atoms with van der Waals surface area (Å²) in [7, 11) is 1.27. The van der Waals surface area contributed by atoms with Gasteiger partial charge < -0.3 is 15.4 Å². The molecule has 0 fully saturated rings. The largest absolute Gasteiger partial charge is 0.465 e. The molecule has 0 bridgehead atoms. The highest BCUT2D eigenvalue weighted by molar-refractivity contribution is 5.90. The molecule has 2 N–H and O–H groups in total. The molecule has 0 aliphatic rings. The van der Waals surface area contributed by atoms with Crippen LogP contribution in [-0.2, 0) is 4.74 Å². The Hall–Kier alpha value is -4.08. The first-order valence-corrected chi connectivity index (χ1v) is 7.96. The van der Waals surface area contributed by atoms with E-state index < -0.39 is 22.4 Å². The second kappa shape index (κ2) is 8.08. The molecule has 0 unspecified atom stereocenters. The molecular formula is C18H14FN5O4. The number of para-hydroxylation sites is 1. The van der Waals surface area contributed by atoms with Gasteiger partial charge in [-0.2, -0.15) is 0 Å². The van der Waals surface area contributed by atoms with Crippen LogP contribution in [0, 0.1) is 15.9 Å². The van der Waals surface area contributed by atoms with E-state index in [0.29, 0.717) is 11.3 Å². The first-order valence-electron chi connectivity index (χ1n) is 7.96. The minimum Gasteiger partial charge on any atom is -0.465 e. The van der Waals surface area contributed by atoms with E-state index in [0.717, 1.165) is 6.33 Å². The van der Waals surface area contributed by atoms with Gasteiger partial charge >= 0.3 is 11.7 Å². The number of hydrogen-bond donors (Lipinski definition) is 2. The van der Waals surface area contributed by atoms with Gasteiger partial charge in [-0.1, -0.05) is 12.1 Å². The van der Waals surface area contributed by atoms with Gasteiger partial charge in [-0.3, -0.25) is 10.1 Å². The van der Waals surface area contributed by atoms with Crippen LogP contribution < -0.4 is 10.6 Å². The molecule has 0 radical (unpaired) electrons. The fourth-order valence-corrected chi connectivity index (χ4v) is 2.37. The lowest BCUT2D eigenvalue weighted by Gasteiger charge is -2.11. The van der Waals surface area contributed by atoms with Crippen molar-refractivity contribution in [1.82, 2.24) is 9.97 Å².